The van der Waals surface area contributed by atoms with Crippen molar-refractivity contribution in [3.63, 3.8) is 0 Å². The number of nitrogens with zero attached hydrogens (tertiary/aromatic N) is 1. The Balaban J connectivity index is 1.67. The number of rotatable bonds is 8. The number of hydrogen-bond acceptors (Lipinski definition) is 4. The predicted molar refractivity (Wildman–Crippen MR) is 115 cm³/mol. The smallest absolute Gasteiger partial charge is 0.251 e. The molecule has 0 aliphatic carbocycles. The second-order valence-electron chi connectivity index (χ2n) is 7.45. The molecule has 4 amide bonds. The highest BCUT2D eigenvalue weighted by Gasteiger charge is 2.36. The van der Waals surface area contributed by atoms with Crippen molar-refractivity contribution >= 4 is 23.6 Å². The zero-order chi connectivity index (χ0) is 22.2. The molecule has 0 bridgehead atoms. The van der Waals surface area contributed by atoms with Crippen LogP contribution in [0.4, 0.5) is 0 Å². The molecule has 1 fully saturated rings. The molecule has 1 aliphatic rings. The number of nitrogens with two attached hydrogens (primary N) is 1. The van der Waals surface area contributed by atoms with Crippen molar-refractivity contribution in [2.75, 3.05) is 13.1 Å². The Bertz CT molecular complexity index is 933. The molecule has 0 saturated carbocycles. The van der Waals surface area contributed by atoms with Crippen LogP contribution in [-0.4, -0.2) is 53.7 Å². The average molecular weight is 422 g/mol. The lowest BCUT2D eigenvalue weighted by atomic mass is 10.0. The average Bonchev–Trinajstić information content (AvgIpc) is 3.28. The first-order valence-corrected chi connectivity index (χ1v) is 10.2. The van der Waals surface area contributed by atoms with E-state index < -0.39 is 23.9 Å². The van der Waals surface area contributed by atoms with Gasteiger partial charge in [-0.25, -0.2) is 0 Å². The molecule has 162 valence electrons. The number of benzene rings is 2. The Hall–Kier alpha value is -3.68. The number of amides is 4. The van der Waals surface area contributed by atoms with Crippen molar-refractivity contribution in [2.24, 2.45) is 5.73 Å². The van der Waals surface area contributed by atoms with Gasteiger partial charge in [0.1, 0.15) is 12.1 Å². The lowest BCUT2D eigenvalue weighted by molar-refractivity contribution is -0.140. The molecule has 0 spiro atoms. The summed E-state index contributed by atoms with van der Waals surface area (Å²) >= 11 is 0. The van der Waals surface area contributed by atoms with Crippen LogP contribution >= 0.6 is 0 Å². The second kappa shape index (κ2) is 10.4. The van der Waals surface area contributed by atoms with Crippen LogP contribution in [0.15, 0.2) is 60.7 Å². The maximum absolute atomic E-state index is 13.2. The van der Waals surface area contributed by atoms with E-state index in [4.69, 9.17) is 5.73 Å². The van der Waals surface area contributed by atoms with Crippen molar-refractivity contribution in [2.45, 2.75) is 31.3 Å². The number of nitrogens with one attached hydrogen (secondary N) is 2. The summed E-state index contributed by atoms with van der Waals surface area (Å²) in [5.41, 5.74) is 6.75. The monoisotopic (exact) mass is 422 g/mol. The third-order valence-corrected chi connectivity index (χ3v) is 5.23. The molecule has 4 N–H and O–H groups in total. The number of hydrogen-bond donors (Lipinski definition) is 3. The summed E-state index contributed by atoms with van der Waals surface area (Å²) in [6.07, 6.45) is 1.46. The van der Waals surface area contributed by atoms with Gasteiger partial charge < -0.3 is 21.3 Å². The van der Waals surface area contributed by atoms with Gasteiger partial charge in [0.05, 0.1) is 6.54 Å². The van der Waals surface area contributed by atoms with Gasteiger partial charge in [0.15, 0.2) is 0 Å². The minimum Gasteiger partial charge on any atom is -0.368 e. The van der Waals surface area contributed by atoms with Gasteiger partial charge in [-0.1, -0.05) is 48.5 Å². The number of carbonyl (C=O) groups is 4. The minimum absolute atomic E-state index is 0.264. The maximum Gasteiger partial charge on any atom is 0.251 e. The lowest BCUT2D eigenvalue weighted by Gasteiger charge is -2.28. The van der Waals surface area contributed by atoms with E-state index >= 15 is 0 Å². The number of carbonyl (C=O) groups excluding carboxylic acids is 4. The zero-order valence-electron chi connectivity index (χ0n) is 17.1. The first kappa shape index (κ1) is 22.0. The van der Waals surface area contributed by atoms with Gasteiger partial charge in [0.2, 0.25) is 17.7 Å². The molecule has 2 atom stereocenters. The van der Waals surface area contributed by atoms with Gasteiger partial charge in [0.25, 0.3) is 5.91 Å². The molecule has 1 aliphatic heterocycles. The van der Waals surface area contributed by atoms with Crippen molar-refractivity contribution in [1.82, 2.24) is 15.5 Å². The van der Waals surface area contributed by atoms with E-state index in [1.807, 2.05) is 30.3 Å². The van der Waals surface area contributed by atoms with Crippen LogP contribution in [0.3, 0.4) is 0 Å². The fraction of sp³-hybridized carbons (Fsp3) is 0.304. The summed E-state index contributed by atoms with van der Waals surface area (Å²) in [5.74, 6) is -1.78. The van der Waals surface area contributed by atoms with Crippen LogP contribution in [0.1, 0.15) is 28.8 Å². The highest BCUT2D eigenvalue weighted by atomic mass is 16.2. The zero-order valence-corrected chi connectivity index (χ0v) is 17.1. The van der Waals surface area contributed by atoms with Gasteiger partial charge in [-0.05, 0) is 30.5 Å². The molecular formula is C23H26N4O4. The molecule has 8 heteroatoms. The van der Waals surface area contributed by atoms with Crippen molar-refractivity contribution in [3.8, 4) is 0 Å². The molecule has 31 heavy (non-hydrogen) atoms. The minimum atomic E-state index is -0.872. The Morgan fingerprint density at radius 2 is 1.65 bits per heavy atom. The Kier molecular flexibility index (Phi) is 7.37. The van der Waals surface area contributed by atoms with Gasteiger partial charge >= 0.3 is 0 Å². The molecule has 1 saturated heterocycles. The second-order valence-corrected chi connectivity index (χ2v) is 7.45. The maximum atomic E-state index is 13.2. The predicted octanol–water partition coefficient (Wildman–Crippen LogP) is 0.620. The topological polar surface area (TPSA) is 122 Å². The largest absolute Gasteiger partial charge is 0.368 e. The standard InChI is InChI=1S/C23H26N4O4/c24-21(29)19-12-7-13-27(19)23(31)18(14-16-8-3-1-4-9-16)26-20(28)15-25-22(30)17-10-5-2-6-11-17/h1-6,8-11,18-19H,7,12-15H2,(H2,24,29)(H,25,30)(H,26,28)/t18-,19?/m0/s1. The lowest BCUT2D eigenvalue weighted by Crippen LogP contribution is -2.54. The summed E-state index contributed by atoms with van der Waals surface area (Å²) in [5, 5.41) is 5.26. The van der Waals surface area contributed by atoms with Crippen LogP contribution in [0.25, 0.3) is 0 Å². The van der Waals surface area contributed by atoms with Gasteiger partial charge in [0, 0.05) is 18.5 Å². The van der Waals surface area contributed by atoms with E-state index in [0.717, 1.165) is 5.56 Å². The van der Waals surface area contributed by atoms with Gasteiger partial charge in [-0.2, -0.15) is 0 Å². The van der Waals surface area contributed by atoms with Gasteiger partial charge in [-0.3, -0.25) is 19.2 Å². The number of primary amides is 1. The molecule has 2 aromatic rings. The molecule has 2 aromatic carbocycles. The SMILES string of the molecule is NC(=O)C1CCCN1C(=O)[C@H](Cc1ccccc1)NC(=O)CNC(=O)c1ccccc1. The molecule has 8 nitrogen and oxygen atoms in total. The quantitative estimate of drug-likeness (QED) is 0.577. The fourth-order valence-electron chi connectivity index (χ4n) is 3.67. The van der Waals surface area contributed by atoms with Gasteiger partial charge in [-0.15, -0.1) is 0 Å². The van der Waals surface area contributed by atoms with Crippen molar-refractivity contribution < 1.29 is 19.2 Å². The third-order valence-electron chi connectivity index (χ3n) is 5.23. The molecule has 1 heterocycles. The first-order chi connectivity index (χ1) is 15.0. The van der Waals surface area contributed by atoms with E-state index in [-0.39, 0.29) is 24.8 Å². The van der Waals surface area contributed by atoms with E-state index in [1.165, 1.54) is 4.90 Å². The molecule has 0 radical (unpaired) electrons. The summed E-state index contributed by atoms with van der Waals surface area (Å²) in [7, 11) is 0. The summed E-state index contributed by atoms with van der Waals surface area (Å²) in [6, 6.07) is 16.3. The van der Waals surface area contributed by atoms with Crippen LogP contribution in [-0.2, 0) is 20.8 Å². The fourth-order valence-corrected chi connectivity index (χ4v) is 3.67. The Labute approximate surface area is 180 Å². The van der Waals surface area contributed by atoms with Crippen molar-refractivity contribution in [1.29, 1.82) is 0 Å². The highest BCUT2D eigenvalue weighted by Crippen LogP contribution is 2.19. The van der Waals surface area contributed by atoms with Crippen molar-refractivity contribution in [3.05, 3.63) is 71.8 Å². The molecule has 1 unspecified atom stereocenters. The van der Waals surface area contributed by atoms with E-state index in [1.54, 1.807) is 30.3 Å². The van der Waals surface area contributed by atoms with Crippen LogP contribution < -0.4 is 16.4 Å². The number of likely N-dealkylation sites (tertiary alicyclic amines) is 1. The first-order valence-electron chi connectivity index (χ1n) is 10.2. The van der Waals surface area contributed by atoms with Crippen LogP contribution in [0, 0.1) is 0 Å². The Morgan fingerprint density at radius 1 is 1.00 bits per heavy atom. The van der Waals surface area contributed by atoms with E-state index in [2.05, 4.69) is 10.6 Å². The third kappa shape index (κ3) is 5.91. The van der Waals surface area contributed by atoms with E-state index in [9.17, 15) is 19.2 Å². The Morgan fingerprint density at radius 3 is 2.29 bits per heavy atom. The normalized spacial score (nSPS) is 16.4. The van der Waals surface area contributed by atoms with Crippen LogP contribution in [0.2, 0.25) is 0 Å². The molecule has 0 aromatic heterocycles. The molecular weight excluding hydrogens is 396 g/mol. The highest BCUT2D eigenvalue weighted by molar-refractivity contribution is 5.97. The summed E-state index contributed by atoms with van der Waals surface area (Å²) < 4.78 is 0. The molecule has 3 rings (SSSR count). The van der Waals surface area contributed by atoms with Crippen LogP contribution in [0.5, 0.6) is 0 Å². The summed E-state index contributed by atoms with van der Waals surface area (Å²) in [6.45, 7) is 0.143. The van der Waals surface area contributed by atoms with E-state index in [0.29, 0.717) is 24.9 Å². The summed E-state index contributed by atoms with van der Waals surface area (Å²) in [4.78, 5) is 51.0.